The molecule has 0 fully saturated rings. The van der Waals surface area contributed by atoms with Gasteiger partial charge in [-0.3, -0.25) is 0 Å². The Hall–Kier alpha value is -0.890. The predicted molar refractivity (Wildman–Crippen MR) is 84.6 cm³/mol. The van der Waals surface area contributed by atoms with Gasteiger partial charge in [0.25, 0.3) is 0 Å². The minimum absolute atomic E-state index is 0.191. The molecule has 0 radical (unpaired) electrons. The number of rotatable bonds is 4. The van der Waals surface area contributed by atoms with Crippen molar-refractivity contribution < 1.29 is 0 Å². The van der Waals surface area contributed by atoms with E-state index in [4.69, 9.17) is 34.8 Å². The Kier molecular flexibility index (Phi) is 4.98. The van der Waals surface area contributed by atoms with E-state index in [1.165, 1.54) is 5.56 Å². The average molecular weight is 315 g/mol. The highest BCUT2D eigenvalue weighted by Gasteiger charge is 2.12. The summed E-state index contributed by atoms with van der Waals surface area (Å²) in [7, 11) is 0. The van der Waals surface area contributed by atoms with E-state index in [2.05, 4.69) is 24.4 Å². The molecule has 2 aromatic rings. The standard InChI is InChI=1S/C15H14Cl3N/c1-2-14(10-6-4-3-5-7-10)19-15-9-12(17)11(16)8-13(15)18/h3-9,14,19H,2H2,1H3. The highest BCUT2D eigenvalue weighted by atomic mass is 35.5. The molecule has 0 aliphatic rings. The summed E-state index contributed by atoms with van der Waals surface area (Å²) in [4.78, 5) is 0. The first-order chi connectivity index (χ1) is 9.11. The summed E-state index contributed by atoms with van der Waals surface area (Å²) in [6.45, 7) is 2.12. The Labute approximate surface area is 128 Å². The zero-order chi connectivity index (χ0) is 13.8. The second-order valence-electron chi connectivity index (χ2n) is 4.26. The summed E-state index contributed by atoms with van der Waals surface area (Å²) >= 11 is 18.1. The summed E-state index contributed by atoms with van der Waals surface area (Å²) in [6.07, 6.45) is 0.945. The third-order valence-corrected chi connectivity index (χ3v) is 3.98. The lowest BCUT2D eigenvalue weighted by Crippen LogP contribution is -2.09. The normalized spacial score (nSPS) is 12.2. The fraction of sp³-hybridized carbons (Fsp3) is 0.200. The maximum Gasteiger partial charge on any atom is 0.0653 e. The first kappa shape index (κ1) is 14.5. The van der Waals surface area contributed by atoms with Gasteiger partial charge < -0.3 is 5.32 Å². The van der Waals surface area contributed by atoms with Crippen LogP contribution in [0.2, 0.25) is 15.1 Å². The molecule has 2 aromatic carbocycles. The third-order valence-electron chi connectivity index (χ3n) is 2.95. The number of anilines is 1. The van der Waals surface area contributed by atoms with Crippen molar-refractivity contribution in [2.24, 2.45) is 0 Å². The Morgan fingerprint density at radius 2 is 1.58 bits per heavy atom. The molecule has 0 saturated heterocycles. The predicted octanol–water partition coefficient (Wildman–Crippen LogP) is 6.21. The Morgan fingerprint density at radius 3 is 2.21 bits per heavy atom. The van der Waals surface area contributed by atoms with Gasteiger partial charge in [-0.1, -0.05) is 72.1 Å². The molecule has 2 rings (SSSR count). The van der Waals surface area contributed by atoms with Crippen molar-refractivity contribution in [1.82, 2.24) is 0 Å². The molecule has 0 amide bonds. The number of hydrogen-bond acceptors (Lipinski definition) is 1. The van der Waals surface area contributed by atoms with E-state index >= 15 is 0 Å². The molecular formula is C15H14Cl3N. The smallest absolute Gasteiger partial charge is 0.0653 e. The van der Waals surface area contributed by atoms with Crippen LogP contribution in [0.3, 0.4) is 0 Å². The van der Waals surface area contributed by atoms with E-state index in [1.54, 1.807) is 12.1 Å². The molecule has 0 aliphatic carbocycles. The molecule has 1 nitrogen and oxygen atoms in total. The van der Waals surface area contributed by atoms with Crippen LogP contribution in [-0.2, 0) is 0 Å². The van der Waals surface area contributed by atoms with Crippen molar-refractivity contribution in [1.29, 1.82) is 0 Å². The third kappa shape index (κ3) is 3.56. The number of hydrogen-bond donors (Lipinski definition) is 1. The maximum atomic E-state index is 6.18. The van der Waals surface area contributed by atoms with E-state index in [9.17, 15) is 0 Å². The van der Waals surface area contributed by atoms with Crippen LogP contribution in [0.1, 0.15) is 24.9 Å². The van der Waals surface area contributed by atoms with Gasteiger partial charge in [0.1, 0.15) is 0 Å². The first-order valence-electron chi connectivity index (χ1n) is 6.08. The monoisotopic (exact) mass is 313 g/mol. The molecule has 4 heteroatoms. The average Bonchev–Trinajstić information content (AvgIpc) is 2.42. The number of benzene rings is 2. The summed E-state index contributed by atoms with van der Waals surface area (Å²) < 4.78 is 0. The zero-order valence-corrected chi connectivity index (χ0v) is 12.7. The molecule has 1 atom stereocenters. The van der Waals surface area contributed by atoms with Crippen LogP contribution >= 0.6 is 34.8 Å². The van der Waals surface area contributed by atoms with Gasteiger partial charge in [0, 0.05) is 0 Å². The molecule has 0 aromatic heterocycles. The second kappa shape index (κ2) is 6.51. The highest BCUT2D eigenvalue weighted by Crippen LogP contribution is 2.34. The molecule has 100 valence electrons. The van der Waals surface area contributed by atoms with Gasteiger partial charge in [-0.2, -0.15) is 0 Å². The summed E-state index contributed by atoms with van der Waals surface area (Å²) in [5.41, 5.74) is 2.01. The molecule has 0 heterocycles. The lowest BCUT2D eigenvalue weighted by atomic mass is 10.0. The maximum absolute atomic E-state index is 6.18. The van der Waals surface area contributed by atoms with Crippen molar-refractivity contribution in [3.63, 3.8) is 0 Å². The van der Waals surface area contributed by atoms with Crippen molar-refractivity contribution in [2.75, 3.05) is 5.32 Å². The van der Waals surface area contributed by atoms with Gasteiger partial charge in [0.2, 0.25) is 0 Å². The van der Waals surface area contributed by atoms with Gasteiger partial charge in [-0.15, -0.1) is 0 Å². The van der Waals surface area contributed by atoms with Crippen LogP contribution in [0.4, 0.5) is 5.69 Å². The Morgan fingerprint density at radius 1 is 0.947 bits per heavy atom. The molecule has 0 aliphatic heterocycles. The van der Waals surface area contributed by atoms with Crippen molar-refractivity contribution in [3.8, 4) is 0 Å². The fourth-order valence-corrected chi connectivity index (χ4v) is 2.53. The van der Waals surface area contributed by atoms with Gasteiger partial charge >= 0.3 is 0 Å². The topological polar surface area (TPSA) is 12.0 Å². The second-order valence-corrected chi connectivity index (χ2v) is 5.48. The fourth-order valence-electron chi connectivity index (χ4n) is 1.93. The summed E-state index contributed by atoms with van der Waals surface area (Å²) in [5, 5.41) is 4.94. The van der Waals surface area contributed by atoms with Crippen LogP contribution in [0.15, 0.2) is 42.5 Å². The molecule has 0 saturated carbocycles. The molecular weight excluding hydrogens is 301 g/mol. The largest absolute Gasteiger partial charge is 0.377 e. The van der Waals surface area contributed by atoms with E-state index in [0.29, 0.717) is 15.1 Å². The van der Waals surface area contributed by atoms with E-state index in [0.717, 1.165) is 12.1 Å². The SMILES string of the molecule is CCC(Nc1cc(Cl)c(Cl)cc1Cl)c1ccccc1. The molecule has 19 heavy (non-hydrogen) atoms. The van der Waals surface area contributed by atoms with Gasteiger partial charge in [0.05, 0.1) is 26.8 Å². The van der Waals surface area contributed by atoms with Gasteiger partial charge in [-0.25, -0.2) is 0 Å². The van der Waals surface area contributed by atoms with Crippen LogP contribution < -0.4 is 5.32 Å². The van der Waals surface area contributed by atoms with Gasteiger partial charge in [0.15, 0.2) is 0 Å². The zero-order valence-electron chi connectivity index (χ0n) is 10.5. The number of halogens is 3. The van der Waals surface area contributed by atoms with Crippen molar-refractivity contribution in [2.45, 2.75) is 19.4 Å². The molecule has 0 spiro atoms. The van der Waals surface area contributed by atoms with Gasteiger partial charge in [-0.05, 0) is 24.1 Å². The van der Waals surface area contributed by atoms with Crippen LogP contribution in [0.5, 0.6) is 0 Å². The Balaban J connectivity index is 2.26. The van der Waals surface area contributed by atoms with Crippen molar-refractivity contribution >= 4 is 40.5 Å². The summed E-state index contributed by atoms with van der Waals surface area (Å²) in [5.74, 6) is 0. The molecule has 1 unspecified atom stereocenters. The molecule has 1 N–H and O–H groups in total. The molecule has 0 bridgehead atoms. The Bertz CT molecular complexity index is 555. The number of nitrogens with one attached hydrogen (secondary N) is 1. The first-order valence-corrected chi connectivity index (χ1v) is 7.21. The van der Waals surface area contributed by atoms with Crippen LogP contribution in [0, 0.1) is 0 Å². The summed E-state index contributed by atoms with van der Waals surface area (Å²) in [6, 6.07) is 13.8. The van der Waals surface area contributed by atoms with Crippen LogP contribution in [-0.4, -0.2) is 0 Å². The quantitative estimate of drug-likeness (QED) is 0.661. The van der Waals surface area contributed by atoms with E-state index < -0.39 is 0 Å². The van der Waals surface area contributed by atoms with E-state index in [1.807, 2.05) is 18.2 Å². The highest BCUT2D eigenvalue weighted by molar-refractivity contribution is 6.44. The van der Waals surface area contributed by atoms with Crippen molar-refractivity contribution in [3.05, 3.63) is 63.1 Å². The van der Waals surface area contributed by atoms with E-state index in [-0.39, 0.29) is 6.04 Å². The minimum atomic E-state index is 0.191. The van der Waals surface area contributed by atoms with Crippen LogP contribution in [0.25, 0.3) is 0 Å². The lowest BCUT2D eigenvalue weighted by Gasteiger charge is -2.20. The minimum Gasteiger partial charge on any atom is -0.377 e. The lowest BCUT2D eigenvalue weighted by molar-refractivity contribution is 0.749.